The highest BCUT2D eigenvalue weighted by molar-refractivity contribution is 5.92. The number of hydrogen-bond acceptors (Lipinski definition) is 3. The van der Waals surface area contributed by atoms with Crippen LogP contribution in [0.15, 0.2) is 36.5 Å². The summed E-state index contributed by atoms with van der Waals surface area (Å²) in [5, 5.41) is 7.65. The molecule has 1 aromatic carbocycles. The van der Waals surface area contributed by atoms with Gasteiger partial charge in [-0.2, -0.15) is 5.10 Å². The number of rotatable bonds is 5. The summed E-state index contributed by atoms with van der Waals surface area (Å²) in [6, 6.07) is 10.7. The molecule has 1 fully saturated rings. The van der Waals surface area contributed by atoms with Crippen molar-refractivity contribution in [3.05, 3.63) is 53.3 Å². The number of carbonyl (C=O) groups is 1. The molecule has 1 atom stereocenters. The molecule has 4 rings (SSSR count). The molecule has 1 N–H and O–H groups in total. The molecule has 1 aliphatic heterocycles. The molecule has 0 saturated carbocycles. The Balaban J connectivity index is 1.46. The monoisotopic (exact) mass is 422 g/mol. The first kappa shape index (κ1) is 22.1. The van der Waals surface area contributed by atoms with Gasteiger partial charge in [0, 0.05) is 12.7 Å². The van der Waals surface area contributed by atoms with Gasteiger partial charge in [0.2, 0.25) is 0 Å². The Morgan fingerprint density at radius 2 is 1.90 bits per heavy atom. The van der Waals surface area contributed by atoms with Crippen LogP contribution < -0.4 is 5.32 Å². The van der Waals surface area contributed by atoms with Crippen LogP contribution in [0, 0.1) is 5.41 Å². The summed E-state index contributed by atoms with van der Waals surface area (Å²) >= 11 is 0. The van der Waals surface area contributed by atoms with Gasteiger partial charge in [0.1, 0.15) is 5.69 Å². The minimum Gasteiger partial charge on any atom is -0.344 e. The van der Waals surface area contributed by atoms with Crippen LogP contribution in [0.3, 0.4) is 0 Å². The van der Waals surface area contributed by atoms with Crippen molar-refractivity contribution in [1.82, 2.24) is 20.0 Å². The number of carbonyl (C=O) groups excluding carboxylic acids is 1. The largest absolute Gasteiger partial charge is 0.344 e. The van der Waals surface area contributed by atoms with Gasteiger partial charge in [0.15, 0.2) is 0 Å². The van der Waals surface area contributed by atoms with Crippen LogP contribution in [0.4, 0.5) is 0 Å². The van der Waals surface area contributed by atoms with Gasteiger partial charge in [-0.25, -0.2) is 0 Å². The summed E-state index contributed by atoms with van der Waals surface area (Å²) in [7, 11) is 0. The normalized spacial score (nSPS) is 21.1. The average Bonchev–Trinajstić information content (AvgIpc) is 3.25. The van der Waals surface area contributed by atoms with Crippen molar-refractivity contribution in [2.45, 2.75) is 77.8 Å². The van der Waals surface area contributed by atoms with Crippen molar-refractivity contribution < 1.29 is 4.79 Å². The van der Waals surface area contributed by atoms with E-state index >= 15 is 0 Å². The second-order valence-corrected chi connectivity index (χ2v) is 10.6. The van der Waals surface area contributed by atoms with Crippen LogP contribution in [0.2, 0.25) is 0 Å². The minimum atomic E-state index is -0.0695. The number of nitrogens with one attached hydrogen (secondary N) is 1. The third-order valence-electron chi connectivity index (χ3n) is 7.31. The average molecular weight is 423 g/mol. The summed E-state index contributed by atoms with van der Waals surface area (Å²) < 4.78 is 1.80. The molecule has 5 nitrogen and oxygen atoms in total. The van der Waals surface area contributed by atoms with Crippen molar-refractivity contribution in [3.63, 3.8) is 0 Å². The van der Waals surface area contributed by atoms with Gasteiger partial charge in [-0.1, -0.05) is 45.0 Å². The van der Waals surface area contributed by atoms with Crippen LogP contribution in [-0.4, -0.2) is 40.2 Å². The molecule has 2 aromatic rings. The number of amides is 1. The standard InChI is InChI=1S/C26H38N4O/c1-5-30-16-11-23(28-30)24(31)27-22-10-12-26(21-9-7-6-8-20(21)22)14-18-29(19-15-26)17-13-25(2,3)4/h6-9,11,16,22H,5,10,12-15,17-19H2,1-4H3,(H,27,31)/t22-/m0/s1. The molecule has 1 aromatic heterocycles. The first-order chi connectivity index (χ1) is 14.8. The maximum atomic E-state index is 12.8. The molecule has 2 aliphatic rings. The maximum absolute atomic E-state index is 12.8. The van der Waals surface area contributed by atoms with Crippen LogP contribution in [0.5, 0.6) is 0 Å². The van der Waals surface area contributed by atoms with Crippen LogP contribution in [-0.2, 0) is 12.0 Å². The summed E-state index contributed by atoms with van der Waals surface area (Å²) in [4.78, 5) is 15.5. The van der Waals surface area contributed by atoms with Crippen molar-refractivity contribution >= 4 is 5.91 Å². The highest BCUT2D eigenvalue weighted by atomic mass is 16.2. The van der Waals surface area contributed by atoms with E-state index in [0.717, 1.165) is 19.4 Å². The fraction of sp³-hybridized carbons (Fsp3) is 0.615. The van der Waals surface area contributed by atoms with E-state index in [-0.39, 0.29) is 17.4 Å². The molecule has 2 heterocycles. The topological polar surface area (TPSA) is 50.2 Å². The zero-order valence-corrected chi connectivity index (χ0v) is 19.7. The fourth-order valence-electron chi connectivity index (χ4n) is 5.25. The first-order valence-corrected chi connectivity index (χ1v) is 12.0. The van der Waals surface area contributed by atoms with E-state index in [1.165, 1.54) is 50.0 Å². The number of likely N-dealkylation sites (tertiary alicyclic amines) is 1. The second-order valence-electron chi connectivity index (χ2n) is 10.6. The number of nitrogens with zero attached hydrogens (tertiary/aromatic N) is 3. The Bertz CT molecular complexity index is 902. The smallest absolute Gasteiger partial charge is 0.272 e. The highest BCUT2D eigenvalue weighted by Gasteiger charge is 2.42. The van der Waals surface area contributed by atoms with Gasteiger partial charge < -0.3 is 10.2 Å². The van der Waals surface area contributed by atoms with Gasteiger partial charge in [-0.3, -0.25) is 9.48 Å². The third kappa shape index (κ3) is 4.87. The summed E-state index contributed by atoms with van der Waals surface area (Å²) in [5.74, 6) is -0.0695. The predicted octanol–water partition coefficient (Wildman–Crippen LogP) is 4.94. The zero-order valence-electron chi connectivity index (χ0n) is 19.7. The SMILES string of the molecule is CCn1ccc(C(=O)N[C@H]2CCC3(CCN(CCC(C)(C)C)CC3)c3ccccc32)n1. The Kier molecular flexibility index (Phi) is 6.25. The number of fused-ring (bicyclic) bond motifs is 2. The van der Waals surface area contributed by atoms with Gasteiger partial charge in [-0.05, 0) is 86.7 Å². The van der Waals surface area contributed by atoms with E-state index in [4.69, 9.17) is 0 Å². The van der Waals surface area contributed by atoms with E-state index in [0.29, 0.717) is 11.1 Å². The van der Waals surface area contributed by atoms with Crippen LogP contribution in [0.25, 0.3) is 0 Å². The fourth-order valence-corrected chi connectivity index (χ4v) is 5.25. The molecule has 5 heteroatoms. The Morgan fingerprint density at radius 3 is 2.58 bits per heavy atom. The zero-order chi connectivity index (χ0) is 22.1. The van der Waals surface area contributed by atoms with Crippen molar-refractivity contribution in [3.8, 4) is 0 Å². The lowest BCUT2D eigenvalue weighted by Crippen LogP contribution is -2.46. The van der Waals surface area contributed by atoms with Gasteiger partial charge in [0.25, 0.3) is 5.91 Å². The molecule has 0 bridgehead atoms. The summed E-state index contributed by atoms with van der Waals surface area (Å²) in [6.07, 6.45) is 7.70. The number of benzene rings is 1. The van der Waals surface area contributed by atoms with Crippen LogP contribution >= 0.6 is 0 Å². The van der Waals surface area contributed by atoms with Crippen LogP contribution in [0.1, 0.15) is 87.5 Å². The van der Waals surface area contributed by atoms with Crippen molar-refractivity contribution in [2.75, 3.05) is 19.6 Å². The molecular formula is C26H38N4O. The Morgan fingerprint density at radius 1 is 1.16 bits per heavy atom. The number of hydrogen-bond donors (Lipinski definition) is 1. The molecule has 1 spiro atoms. The molecule has 1 aliphatic carbocycles. The number of aryl methyl sites for hydroxylation is 1. The molecule has 168 valence electrons. The van der Waals surface area contributed by atoms with E-state index < -0.39 is 0 Å². The Hall–Kier alpha value is -2.14. The van der Waals surface area contributed by atoms with E-state index in [2.05, 4.69) is 60.4 Å². The van der Waals surface area contributed by atoms with Gasteiger partial charge in [-0.15, -0.1) is 0 Å². The van der Waals surface area contributed by atoms with E-state index in [1.807, 2.05) is 19.2 Å². The summed E-state index contributed by atoms with van der Waals surface area (Å²) in [6.45, 7) is 13.3. The lowest BCUT2D eigenvalue weighted by atomic mass is 9.63. The highest BCUT2D eigenvalue weighted by Crippen LogP contribution is 2.48. The maximum Gasteiger partial charge on any atom is 0.272 e. The lowest BCUT2D eigenvalue weighted by Gasteiger charge is -2.47. The summed E-state index contributed by atoms with van der Waals surface area (Å²) in [5.41, 5.74) is 3.93. The van der Waals surface area contributed by atoms with E-state index in [9.17, 15) is 4.79 Å². The van der Waals surface area contributed by atoms with Gasteiger partial charge >= 0.3 is 0 Å². The van der Waals surface area contributed by atoms with E-state index in [1.54, 1.807) is 4.68 Å². The molecular weight excluding hydrogens is 384 g/mol. The minimum absolute atomic E-state index is 0.0695. The molecule has 0 unspecified atom stereocenters. The quantitative estimate of drug-likeness (QED) is 0.743. The van der Waals surface area contributed by atoms with Crippen molar-refractivity contribution in [1.29, 1.82) is 0 Å². The third-order valence-corrected chi connectivity index (χ3v) is 7.31. The van der Waals surface area contributed by atoms with Gasteiger partial charge in [0.05, 0.1) is 6.04 Å². The number of piperidine rings is 1. The van der Waals surface area contributed by atoms with Crippen molar-refractivity contribution in [2.24, 2.45) is 5.41 Å². The Labute approximate surface area is 187 Å². The first-order valence-electron chi connectivity index (χ1n) is 12.0. The number of aromatic nitrogens is 2. The predicted molar refractivity (Wildman–Crippen MR) is 125 cm³/mol. The molecule has 1 saturated heterocycles. The second kappa shape index (κ2) is 8.78. The molecule has 0 radical (unpaired) electrons. The lowest BCUT2D eigenvalue weighted by molar-refractivity contribution is 0.0908. The molecule has 1 amide bonds. The molecule has 31 heavy (non-hydrogen) atoms.